The van der Waals surface area contributed by atoms with Crippen LogP contribution in [0.3, 0.4) is 0 Å². The van der Waals surface area contributed by atoms with Crippen LogP contribution in [0.5, 0.6) is 5.75 Å². The lowest BCUT2D eigenvalue weighted by atomic mass is 9.68. The van der Waals surface area contributed by atoms with Gasteiger partial charge in [0.25, 0.3) is 0 Å². The lowest BCUT2D eigenvalue weighted by molar-refractivity contribution is 0.154. The molecule has 0 atom stereocenters. The van der Waals surface area contributed by atoms with E-state index < -0.39 is 0 Å². The average molecular weight is 262 g/mol. The quantitative estimate of drug-likeness (QED) is 0.856. The van der Waals surface area contributed by atoms with Gasteiger partial charge in [-0.3, -0.25) is 0 Å². The Labute approximate surface area is 116 Å². The normalized spacial score (nSPS) is 16.8. The van der Waals surface area contributed by atoms with Crippen molar-refractivity contribution >= 4 is 5.69 Å². The van der Waals surface area contributed by atoms with Gasteiger partial charge in [-0.05, 0) is 49.6 Å². The van der Waals surface area contributed by atoms with E-state index in [9.17, 15) is 0 Å². The number of aryl methyl sites for hydroxylation is 1. The van der Waals surface area contributed by atoms with Gasteiger partial charge in [0.05, 0.1) is 7.11 Å². The molecule has 1 fully saturated rings. The van der Waals surface area contributed by atoms with Gasteiger partial charge in [-0.2, -0.15) is 0 Å². The fourth-order valence-electron chi connectivity index (χ4n) is 2.98. The zero-order chi connectivity index (χ0) is 13.9. The van der Waals surface area contributed by atoms with Crippen LogP contribution in [0.15, 0.2) is 18.2 Å². The third kappa shape index (κ3) is 2.86. The Morgan fingerprint density at radius 1 is 1.37 bits per heavy atom. The van der Waals surface area contributed by atoms with E-state index in [0.717, 1.165) is 25.3 Å². The molecule has 0 heterocycles. The molecule has 1 aliphatic carbocycles. The summed E-state index contributed by atoms with van der Waals surface area (Å²) in [6, 6.07) is 6.45. The SMILES string of the molecule is CCc1cc(N(C)CC2(CN)CCC2)ccc1OC. The summed E-state index contributed by atoms with van der Waals surface area (Å²) in [5.74, 6) is 0.983. The maximum atomic E-state index is 5.95. The summed E-state index contributed by atoms with van der Waals surface area (Å²) < 4.78 is 5.39. The van der Waals surface area contributed by atoms with E-state index >= 15 is 0 Å². The highest BCUT2D eigenvalue weighted by atomic mass is 16.5. The number of anilines is 1. The Kier molecular flexibility index (Phi) is 4.35. The summed E-state index contributed by atoms with van der Waals surface area (Å²) in [6.45, 7) is 4.02. The molecule has 3 nitrogen and oxygen atoms in total. The van der Waals surface area contributed by atoms with Crippen molar-refractivity contribution in [1.29, 1.82) is 0 Å². The zero-order valence-corrected chi connectivity index (χ0v) is 12.4. The van der Waals surface area contributed by atoms with Crippen molar-refractivity contribution < 1.29 is 4.74 Å². The van der Waals surface area contributed by atoms with Crippen LogP contribution in [-0.4, -0.2) is 27.2 Å². The second-order valence-electron chi connectivity index (χ2n) is 5.76. The van der Waals surface area contributed by atoms with Crippen LogP contribution in [0.4, 0.5) is 5.69 Å². The molecule has 0 radical (unpaired) electrons. The van der Waals surface area contributed by atoms with Crippen molar-refractivity contribution in [3.05, 3.63) is 23.8 Å². The van der Waals surface area contributed by atoms with E-state index in [1.807, 2.05) is 0 Å². The standard InChI is InChI=1S/C16H26N2O/c1-4-13-10-14(6-7-15(13)19-3)18(2)12-16(11-17)8-5-9-16/h6-7,10H,4-5,8-9,11-12,17H2,1-3H3. The number of methoxy groups -OCH3 is 1. The summed E-state index contributed by atoms with van der Waals surface area (Å²) in [5, 5.41) is 0. The molecule has 0 aliphatic heterocycles. The van der Waals surface area contributed by atoms with Gasteiger partial charge in [0, 0.05) is 24.7 Å². The number of nitrogens with zero attached hydrogens (tertiary/aromatic N) is 1. The predicted octanol–water partition coefficient (Wildman–Crippen LogP) is 2.82. The first-order valence-corrected chi connectivity index (χ1v) is 7.22. The third-order valence-electron chi connectivity index (χ3n) is 4.51. The zero-order valence-electron chi connectivity index (χ0n) is 12.4. The smallest absolute Gasteiger partial charge is 0.122 e. The van der Waals surface area contributed by atoms with E-state index in [1.165, 1.54) is 30.5 Å². The van der Waals surface area contributed by atoms with Crippen molar-refractivity contribution in [3.8, 4) is 5.75 Å². The van der Waals surface area contributed by atoms with E-state index in [0.29, 0.717) is 5.41 Å². The van der Waals surface area contributed by atoms with E-state index in [2.05, 4.69) is 37.1 Å². The second-order valence-corrected chi connectivity index (χ2v) is 5.76. The van der Waals surface area contributed by atoms with Crippen molar-refractivity contribution in [2.45, 2.75) is 32.6 Å². The fraction of sp³-hybridized carbons (Fsp3) is 0.625. The Morgan fingerprint density at radius 3 is 2.58 bits per heavy atom. The molecule has 1 aliphatic rings. The molecule has 3 heteroatoms. The lowest BCUT2D eigenvalue weighted by Crippen LogP contribution is -2.46. The number of benzene rings is 1. The van der Waals surface area contributed by atoms with Gasteiger partial charge in [0.15, 0.2) is 0 Å². The summed E-state index contributed by atoms with van der Waals surface area (Å²) in [7, 11) is 3.90. The largest absolute Gasteiger partial charge is 0.496 e. The first-order chi connectivity index (χ1) is 9.14. The first-order valence-electron chi connectivity index (χ1n) is 7.22. The molecule has 0 saturated heterocycles. The topological polar surface area (TPSA) is 38.5 Å². The van der Waals surface area contributed by atoms with Gasteiger partial charge < -0.3 is 15.4 Å². The van der Waals surface area contributed by atoms with Crippen LogP contribution in [0, 0.1) is 5.41 Å². The third-order valence-corrected chi connectivity index (χ3v) is 4.51. The Morgan fingerprint density at radius 2 is 2.11 bits per heavy atom. The predicted molar refractivity (Wildman–Crippen MR) is 81.0 cm³/mol. The summed E-state index contributed by atoms with van der Waals surface area (Å²) in [4.78, 5) is 2.34. The number of hydrogen-bond acceptors (Lipinski definition) is 3. The van der Waals surface area contributed by atoms with E-state index in [4.69, 9.17) is 10.5 Å². The van der Waals surface area contributed by atoms with Crippen LogP contribution in [0.25, 0.3) is 0 Å². The second kappa shape index (κ2) is 5.83. The molecule has 1 aromatic carbocycles. The maximum absolute atomic E-state index is 5.95. The fourth-order valence-corrected chi connectivity index (χ4v) is 2.98. The molecule has 1 saturated carbocycles. The van der Waals surface area contributed by atoms with Gasteiger partial charge >= 0.3 is 0 Å². The molecule has 0 amide bonds. The van der Waals surface area contributed by atoms with E-state index in [-0.39, 0.29) is 0 Å². The Hall–Kier alpha value is -1.22. The molecule has 106 valence electrons. The summed E-state index contributed by atoms with van der Waals surface area (Å²) >= 11 is 0. The molecule has 0 unspecified atom stereocenters. The maximum Gasteiger partial charge on any atom is 0.122 e. The molecule has 2 N–H and O–H groups in total. The minimum atomic E-state index is 0.348. The molecule has 1 aromatic rings. The minimum absolute atomic E-state index is 0.348. The van der Waals surface area contributed by atoms with Gasteiger partial charge in [0.2, 0.25) is 0 Å². The van der Waals surface area contributed by atoms with Crippen molar-refractivity contribution in [3.63, 3.8) is 0 Å². The Balaban J connectivity index is 2.12. The number of ether oxygens (including phenoxy) is 1. The van der Waals surface area contributed by atoms with Crippen LogP contribution < -0.4 is 15.4 Å². The molecule has 2 rings (SSSR count). The van der Waals surface area contributed by atoms with E-state index in [1.54, 1.807) is 7.11 Å². The van der Waals surface area contributed by atoms with Gasteiger partial charge in [-0.25, -0.2) is 0 Å². The lowest BCUT2D eigenvalue weighted by Gasteiger charge is -2.44. The molecule has 19 heavy (non-hydrogen) atoms. The number of nitrogens with two attached hydrogens (primary N) is 1. The molecule has 0 aromatic heterocycles. The average Bonchev–Trinajstić information content (AvgIpc) is 2.41. The van der Waals surface area contributed by atoms with Crippen LogP contribution in [-0.2, 0) is 6.42 Å². The highest BCUT2D eigenvalue weighted by molar-refractivity contribution is 5.53. The van der Waals surface area contributed by atoms with Crippen molar-refractivity contribution in [2.24, 2.45) is 11.1 Å². The highest BCUT2D eigenvalue weighted by Crippen LogP contribution is 2.41. The molecular formula is C16H26N2O. The monoisotopic (exact) mass is 262 g/mol. The highest BCUT2D eigenvalue weighted by Gasteiger charge is 2.36. The summed E-state index contributed by atoms with van der Waals surface area (Å²) in [5.41, 5.74) is 8.83. The van der Waals surface area contributed by atoms with Gasteiger partial charge in [-0.15, -0.1) is 0 Å². The summed E-state index contributed by atoms with van der Waals surface area (Å²) in [6.07, 6.45) is 4.86. The van der Waals surface area contributed by atoms with Crippen molar-refractivity contribution in [1.82, 2.24) is 0 Å². The molecule has 0 bridgehead atoms. The number of hydrogen-bond donors (Lipinski definition) is 1. The molecular weight excluding hydrogens is 236 g/mol. The van der Waals surface area contributed by atoms with Gasteiger partial charge in [0.1, 0.15) is 5.75 Å². The van der Waals surface area contributed by atoms with Crippen LogP contribution in [0.1, 0.15) is 31.7 Å². The van der Waals surface area contributed by atoms with Crippen LogP contribution in [0.2, 0.25) is 0 Å². The van der Waals surface area contributed by atoms with Crippen LogP contribution >= 0.6 is 0 Å². The van der Waals surface area contributed by atoms with Gasteiger partial charge in [-0.1, -0.05) is 13.3 Å². The minimum Gasteiger partial charge on any atom is -0.496 e. The first kappa shape index (κ1) is 14.2. The Bertz CT molecular complexity index is 421. The van der Waals surface area contributed by atoms with Crippen molar-refractivity contribution in [2.75, 3.05) is 32.1 Å². The number of rotatable bonds is 6. The molecule has 0 spiro atoms.